The summed E-state index contributed by atoms with van der Waals surface area (Å²) in [5, 5.41) is 3.30. The largest absolute Gasteiger partial charge is 0.399 e. The molecule has 4 nitrogen and oxygen atoms in total. The summed E-state index contributed by atoms with van der Waals surface area (Å²) < 4.78 is 0.344. The second kappa shape index (κ2) is 4.49. The van der Waals surface area contributed by atoms with E-state index in [0.29, 0.717) is 16.0 Å². The number of anilines is 2. The second-order valence-electron chi connectivity index (χ2n) is 4.41. The third-order valence-corrected chi connectivity index (χ3v) is 4.57. The van der Waals surface area contributed by atoms with E-state index in [-0.39, 0.29) is 0 Å². The van der Waals surface area contributed by atoms with Gasteiger partial charge in [0.15, 0.2) is 0 Å². The van der Waals surface area contributed by atoms with Crippen molar-refractivity contribution in [2.45, 2.75) is 17.6 Å². The predicted octanol–water partition coefficient (Wildman–Crippen LogP) is 1.68. The standard InChI is InChI=1S/C12H17N3OS/c1-17-12(4-5-12)7-15-10-3-2-8(13)6-9(10)11(14)16/h2-3,6,15H,4-5,7,13H2,1H3,(H2,14,16). The maximum atomic E-state index is 11.3. The highest BCUT2D eigenvalue weighted by molar-refractivity contribution is 8.00. The van der Waals surface area contributed by atoms with Gasteiger partial charge in [0, 0.05) is 22.7 Å². The Bertz CT molecular complexity index is 443. The summed E-state index contributed by atoms with van der Waals surface area (Å²) >= 11 is 1.87. The summed E-state index contributed by atoms with van der Waals surface area (Å²) in [4.78, 5) is 11.3. The van der Waals surface area contributed by atoms with Gasteiger partial charge in [-0.25, -0.2) is 0 Å². The van der Waals surface area contributed by atoms with Crippen LogP contribution in [0.15, 0.2) is 18.2 Å². The molecule has 1 aromatic rings. The Hall–Kier alpha value is -1.36. The van der Waals surface area contributed by atoms with E-state index in [0.717, 1.165) is 12.2 Å². The zero-order valence-electron chi connectivity index (χ0n) is 9.82. The van der Waals surface area contributed by atoms with Crippen LogP contribution in [-0.4, -0.2) is 23.5 Å². The molecular formula is C12H17N3OS. The van der Waals surface area contributed by atoms with E-state index in [1.54, 1.807) is 12.1 Å². The van der Waals surface area contributed by atoms with Crippen LogP contribution < -0.4 is 16.8 Å². The number of amides is 1. The highest BCUT2D eigenvalue weighted by atomic mass is 32.2. The monoisotopic (exact) mass is 251 g/mol. The number of benzene rings is 1. The number of nitrogens with one attached hydrogen (secondary N) is 1. The molecule has 2 rings (SSSR count). The Labute approximate surface area is 105 Å². The van der Waals surface area contributed by atoms with E-state index in [2.05, 4.69) is 11.6 Å². The molecule has 0 radical (unpaired) electrons. The van der Waals surface area contributed by atoms with Crippen molar-refractivity contribution >= 4 is 29.0 Å². The van der Waals surface area contributed by atoms with Gasteiger partial charge in [-0.05, 0) is 37.3 Å². The third-order valence-electron chi connectivity index (χ3n) is 3.15. The van der Waals surface area contributed by atoms with Gasteiger partial charge in [-0.1, -0.05) is 0 Å². The molecule has 0 unspecified atom stereocenters. The van der Waals surface area contributed by atoms with Gasteiger partial charge >= 0.3 is 0 Å². The van der Waals surface area contributed by atoms with Gasteiger partial charge in [-0.3, -0.25) is 4.79 Å². The van der Waals surface area contributed by atoms with Crippen molar-refractivity contribution in [1.82, 2.24) is 0 Å². The fraction of sp³-hybridized carbons (Fsp3) is 0.417. The average molecular weight is 251 g/mol. The van der Waals surface area contributed by atoms with Crippen LogP contribution in [0.2, 0.25) is 0 Å². The maximum Gasteiger partial charge on any atom is 0.250 e. The minimum absolute atomic E-state index is 0.344. The topological polar surface area (TPSA) is 81.1 Å². The average Bonchev–Trinajstić information content (AvgIpc) is 3.08. The van der Waals surface area contributed by atoms with Crippen molar-refractivity contribution in [3.63, 3.8) is 0 Å². The van der Waals surface area contributed by atoms with Gasteiger partial charge in [0.05, 0.1) is 5.56 Å². The Kier molecular flexibility index (Phi) is 3.19. The van der Waals surface area contributed by atoms with Crippen molar-refractivity contribution in [1.29, 1.82) is 0 Å². The number of hydrogen-bond donors (Lipinski definition) is 3. The lowest BCUT2D eigenvalue weighted by Gasteiger charge is -2.16. The number of nitrogens with two attached hydrogens (primary N) is 2. The molecule has 0 spiro atoms. The molecule has 0 saturated heterocycles. The lowest BCUT2D eigenvalue weighted by atomic mass is 10.1. The van der Waals surface area contributed by atoms with Crippen LogP contribution in [0.25, 0.3) is 0 Å². The summed E-state index contributed by atoms with van der Waals surface area (Å²) in [5.41, 5.74) is 12.8. The van der Waals surface area contributed by atoms with Gasteiger partial charge in [0.25, 0.3) is 5.91 Å². The van der Waals surface area contributed by atoms with Gasteiger partial charge in [-0.15, -0.1) is 0 Å². The maximum absolute atomic E-state index is 11.3. The molecule has 1 fully saturated rings. The van der Waals surface area contributed by atoms with Crippen molar-refractivity contribution in [3.8, 4) is 0 Å². The zero-order chi connectivity index (χ0) is 12.5. The Morgan fingerprint density at radius 2 is 2.24 bits per heavy atom. The lowest BCUT2D eigenvalue weighted by Crippen LogP contribution is -2.20. The van der Waals surface area contributed by atoms with E-state index < -0.39 is 5.91 Å². The van der Waals surface area contributed by atoms with Crippen molar-refractivity contribution < 1.29 is 4.79 Å². The quantitative estimate of drug-likeness (QED) is 0.695. The van der Waals surface area contributed by atoms with Gasteiger partial charge in [0.1, 0.15) is 0 Å². The SMILES string of the molecule is CSC1(CNc2ccc(N)cc2C(N)=O)CC1. The fourth-order valence-corrected chi connectivity index (χ4v) is 2.50. The molecule has 0 bridgehead atoms. The van der Waals surface area contributed by atoms with Crippen molar-refractivity contribution in [3.05, 3.63) is 23.8 Å². The zero-order valence-corrected chi connectivity index (χ0v) is 10.6. The minimum Gasteiger partial charge on any atom is -0.399 e. The molecule has 1 aliphatic carbocycles. The first kappa shape index (κ1) is 12.1. The van der Waals surface area contributed by atoms with Crippen LogP contribution in [-0.2, 0) is 0 Å². The number of carbonyl (C=O) groups is 1. The molecule has 1 aromatic carbocycles. The molecule has 1 aliphatic rings. The Morgan fingerprint density at radius 1 is 1.53 bits per heavy atom. The van der Waals surface area contributed by atoms with E-state index >= 15 is 0 Å². The summed E-state index contributed by atoms with van der Waals surface area (Å²) in [6.07, 6.45) is 4.57. The van der Waals surface area contributed by atoms with Crippen molar-refractivity contribution in [2.24, 2.45) is 5.73 Å². The molecule has 5 N–H and O–H groups in total. The summed E-state index contributed by atoms with van der Waals surface area (Å²) in [7, 11) is 0. The van der Waals surface area contributed by atoms with Crippen LogP contribution in [0.5, 0.6) is 0 Å². The molecule has 0 aliphatic heterocycles. The molecule has 0 atom stereocenters. The molecule has 0 heterocycles. The van der Waals surface area contributed by atoms with Gasteiger partial charge < -0.3 is 16.8 Å². The van der Waals surface area contributed by atoms with Crippen molar-refractivity contribution in [2.75, 3.05) is 23.9 Å². The predicted molar refractivity (Wildman–Crippen MR) is 73.3 cm³/mol. The van der Waals surface area contributed by atoms with E-state index in [1.165, 1.54) is 12.8 Å². The smallest absolute Gasteiger partial charge is 0.250 e. The number of thioether (sulfide) groups is 1. The highest BCUT2D eigenvalue weighted by Crippen LogP contribution is 2.47. The van der Waals surface area contributed by atoms with E-state index in [1.807, 2.05) is 17.8 Å². The van der Waals surface area contributed by atoms with E-state index in [9.17, 15) is 4.79 Å². The first-order valence-electron chi connectivity index (χ1n) is 5.55. The van der Waals surface area contributed by atoms with Crippen LogP contribution in [0.1, 0.15) is 23.2 Å². The molecule has 0 aromatic heterocycles. The molecule has 5 heteroatoms. The lowest BCUT2D eigenvalue weighted by molar-refractivity contribution is 0.100. The molecular weight excluding hydrogens is 234 g/mol. The summed E-state index contributed by atoms with van der Waals surface area (Å²) in [5.74, 6) is -0.450. The Balaban J connectivity index is 2.12. The number of hydrogen-bond acceptors (Lipinski definition) is 4. The van der Waals surface area contributed by atoms with Gasteiger partial charge in [0.2, 0.25) is 0 Å². The van der Waals surface area contributed by atoms with E-state index in [4.69, 9.17) is 11.5 Å². The molecule has 1 amide bonds. The van der Waals surface area contributed by atoms with Gasteiger partial charge in [-0.2, -0.15) is 11.8 Å². The number of carbonyl (C=O) groups excluding carboxylic acids is 1. The molecule has 17 heavy (non-hydrogen) atoms. The summed E-state index contributed by atoms with van der Waals surface area (Å²) in [6, 6.07) is 5.20. The van der Waals surface area contributed by atoms with Crippen LogP contribution in [0.3, 0.4) is 0 Å². The molecule has 1 saturated carbocycles. The number of rotatable bonds is 5. The highest BCUT2D eigenvalue weighted by Gasteiger charge is 2.41. The fourth-order valence-electron chi connectivity index (χ4n) is 1.77. The van der Waals surface area contributed by atoms with Crippen LogP contribution in [0, 0.1) is 0 Å². The molecule has 92 valence electrons. The second-order valence-corrected chi connectivity index (χ2v) is 5.68. The summed E-state index contributed by atoms with van der Waals surface area (Å²) in [6.45, 7) is 0.859. The van der Waals surface area contributed by atoms with Crippen LogP contribution in [0.4, 0.5) is 11.4 Å². The number of nitrogen functional groups attached to an aromatic ring is 1. The first-order valence-corrected chi connectivity index (χ1v) is 6.77. The Morgan fingerprint density at radius 3 is 2.76 bits per heavy atom. The minimum atomic E-state index is -0.450. The normalized spacial score (nSPS) is 16.5. The number of primary amides is 1. The first-order chi connectivity index (χ1) is 8.06. The third kappa shape index (κ3) is 2.66. The van der Waals surface area contributed by atoms with Crippen LogP contribution >= 0.6 is 11.8 Å².